The molecular weight excluding hydrogens is 508 g/mol. The maximum Gasteiger partial charge on any atom is 0.407 e. The molecule has 7 heteroatoms. The van der Waals surface area contributed by atoms with Crippen LogP contribution in [0.4, 0.5) is 4.79 Å². The predicted molar refractivity (Wildman–Crippen MR) is 158 cm³/mol. The number of carboxylic acid groups (broad SMARTS) is 1. The molecule has 208 valence electrons. The van der Waals surface area contributed by atoms with Gasteiger partial charge in [0.1, 0.15) is 5.60 Å². The van der Waals surface area contributed by atoms with E-state index >= 15 is 0 Å². The van der Waals surface area contributed by atoms with Crippen LogP contribution in [-0.2, 0) is 23.5 Å². The number of hydrogen-bond acceptors (Lipinski definition) is 5. The van der Waals surface area contributed by atoms with Crippen LogP contribution in [-0.4, -0.2) is 27.8 Å². The van der Waals surface area contributed by atoms with Crippen molar-refractivity contribution in [3.63, 3.8) is 0 Å². The Bertz CT molecular complexity index is 1340. The molecule has 2 aromatic carbocycles. The Hall–Kier alpha value is -3.32. The second kappa shape index (κ2) is 12.7. The molecular formula is C32H40N2O4S. The van der Waals surface area contributed by atoms with Crippen molar-refractivity contribution >= 4 is 23.8 Å². The van der Waals surface area contributed by atoms with E-state index in [-0.39, 0.29) is 6.54 Å². The van der Waals surface area contributed by atoms with Gasteiger partial charge in [0.05, 0.1) is 5.56 Å². The Labute approximate surface area is 236 Å². The normalized spacial score (nSPS) is 11.5. The minimum absolute atomic E-state index is 0.274. The summed E-state index contributed by atoms with van der Waals surface area (Å²) in [5, 5.41) is 12.7. The van der Waals surface area contributed by atoms with E-state index in [9.17, 15) is 14.7 Å². The van der Waals surface area contributed by atoms with Crippen molar-refractivity contribution in [1.82, 2.24) is 10.3 Å². The van der Waals surface area contributed by atoms with Gasteiger partial charge >= 0.3 is 12.1 Å². The molecule has 0 bridgehead atoms. The molecule has 3 rings (SSSR count). The Morgan fingerprint density at radius 2 is 1.69 bits per heavy atom. The van der Waals surface area contributed by atoms with Gasteiger partial charge in [-0.1, -0.05) is 55.8 Å². The maximum absolute atomic E-state index is 12.6. The van der Waals surface area contributed by atoms with Gasteiger partial charge < -0.3 is 15.2 Å². The van der Waals surface area contributed by atoms with Crippen molar-refractivity contribution in [2.45, 2.75) is 84.6 Å². The van der Waals surface area contributed by atoms with Crippen LogP contribution in [0.3, 0.4) is 0 Å². The van der Waals surface area contributed by atoms with Crippen molar-refractivity contribution < 1.29 is 19.4 Å². The summed E-state index contributed by atoms with van der Waals surface area (Å²) in [5.41, 5.74) is 7.68. The minimum atomic E-state index is -0.940. The van der Waals surface area contributed by atoms with Crippen molar-refractivity contribution in [1.29, 1.82) is 0 Å². The molecule has 0 saturated heterocycles. The second-order valence-electron chi connectivity index (χ2n) is 11.3. The van der Waals surface area contributed by atoms with Gasteiger partial charge in [-0.25, -0.2) is 9.59 Å². The molecule has 6 nitrogen and oxygen atoms in total. The maximum atomic E-state index is 12.6. The van der Waals surface area contributed by atoms with E-state index in [0.717, 1.165) is 56.1 Å². The van der Waals surface area contributed by atoms with E-state index in [0.29, 0.717) is 17.2 Å². The van der Waals surface area contributed by atoms with Crippen LogP contribution in [0.1, 0.15) is 78.6 Å². The fraction of sp³-hybridized carbons (Fsp3) is 0.406. The summed E-state index contributed by atoms with van der Waals surface area (Å²) in [6, 6.07) is 13.7. The number of aromatic nitrogens is 1. The molecule has 39 heavy (non-hydrogen) atoms. The van der Waals surface area contributed by atoms with Gasteiger partial charge in [-0.15, -0.1) is 11.8 Å². The van der Waals surface area contributed by atoms with E-state index in [4.69, 9.17) is 9.72 Å². The molecule has 0 spiro atoms. The highest BCUT2D eigenvalue weighted by atomic mass is 32.2. The molecule has 0 saturated carbocycles. The zero-order valence-electron chi connectivity index (χ0n) is 24.3. The molecule has 0 aliphatic carbocycles. The number of ether oxygens (including phenoxy) is 1. The molecule has 1 aromatic heterocycles. The van der Waals surface area contributed by atoms with E-state index in [1.54, 1.807) is 12.1 Å². The number of hydrogen-bond donors (Lipinski definition) is 2. The lowest BCUT2D eigenvalue weighted by molar-refractivity contribution is 0.0523. The first-order chi connectivity index (χ1) is 18.3. The minimum Gasteiger partial charge on any atom is -0.478 e. The third-order valence-corrected chi connectivity index (χ3v) is 7.51. The van der Waals surface area contributed by atoms with E-state index < -0.39 is 17.7 Å². The fourth-order valence-corrected chi connectivity index (χ4v) is 5.72. The number of carbonyl (C=O) groups excluding carboxylic acids is 1. The summed E-state index contributed by atoms with van der Waals surface area (Å²) in [4.78, 5) is 30.4. The third-order valence-electron chi connectivity index (χ3n) is 6.24. The molecule has 1 heterocycles. The van der Waals surface area contributed by atoms with Gasteiger partial charge in [-0.05, 0) is 82.2 Å². The molecule has 0 fully saturated rings. The second-order valence-corrected chi connectivity index (χ2v) is 12.3. The molecule has 1 amide bonds. The zero-order chi connectivity index (χ0) is 28.9. The van der Waals surface area contributed by atoms with E-state index in [1.165, 1.54) is 11.8 Å². The Balaban J connectivity index is 2.16. The number of alkyl carbamates (subject to hydrolysis) is 1. The van der Waals surface area contributed by atoms with Gasteiger partial charge in [0.25, 0.3) is 0 Å². The van der Waals surface area contributed by atoms with Gasteiger partial charge in [0, 0.05) is 34.1 Å². The highest BCUT2D eigenvalue weighted by Gasteiger charge is 2.23. The topological polar surface area (TPSA) is 88.5 Å². The Morgan fingerprint density at radius 1 is 1.03 bits per heavy atom. The molecule has 0 aliphatic heterocycles. The third kappa shape index (κ3) is 8.09. The van der Waals surface area contributed by atoms with Crippen LogP contribution in [0.5, 0.6) is 0 Å². The monoisotopic (exact) mass is 548 g/mol. The number of aryl methyl sites for hydroxylation is 3. The summed E-state index contributed by atoms with van der Waals surface area (Å²) in [6.45, 7) is 16.1. The number of carboxylic acids is 1. The number of nitrogens with one attached hydrogen (secondary N) is 1. The van der Waals surface area contributed by atoms with E-state index in [2.05, 4.69) is 50.4 Å². The molecule has 0 radical (unpaired) electrons. The number of amides is 1. The van der Waals surface area contributed by atoms with Crippen molar-refractivity contribution in [2.24, 2.45) is 5.92 Å². The highest BCUT2D eigenvalue weighted by molar-refractivity contribution is 7.98. The predicted octanol–water partition coefficient (Wildman–Crippen LogP) is 7.89. The quantitative estimate of drug-likeness (QED) is 0.264. The summed E-state index contributed by atoms with van der Waals surface area (Å²) in [5.74, 6) is -0.0353. The number of benzene rings is 2. The van der Waals surface area contributed by atoms with Crippen LogP contribution in [0.25, 0.3) is 11.1 Å². The number of carbonyl (C=O) groups is 2. The molecule has 0 aliphatic rings. The van der Waals surface area contributed by atoms with Gasteiger partial charge in [0.15, 0.2) is 0 Å². The first-order valence-electron chi connectivity index (χ1n) is 13.3. The van der Waals surface area contributed by atoms with Crippen molar-refractivity contribution in [2.75, 3.05) is 0 Å². The van der Waals surface area contributed by atoms with E-state index in [1.807, 2.05) is 40.7 Å². The van der Waals surface area contributed by atoms with Gasteiger partial charge in [-0.2, -0.15) is 0 Å². The number of rotatable bonds is 9. The van der Waals surface area contributed by atoms with Crippen molar-refractivity contribution in [3.8, 4) is 11.1 Å². The number of thioether (sulfide) groups is 1. The SMILES string of the molecule is Cc1ccc(-c2c(CSc3c(C)cccc3C(=O)O)c(C)nc(CC(C)C)c2CNC(=O)OC(C)(C)C)cc1. The average Bonchev–Trinajstić information content (AvgIpc) is 2.82. The molecule has 3 aromatic rings. The highest BCUT2D eigenvalue weighted by Crippen LogP contribution is 2.38. The summed E-state index contributed by atoms with van der Waals surface area (Å²) >= 11 is 1.51. The van der Waals surface area contributed by atoms with Gasteiger partial charge in [0.2, 0.25) is 0 Å². The van der Waals surface area contributed by atoms with Crippen molar-refractivity contribution in [3.05, 3.63) is 81.7 Å². The average molecular weight is 549 g/mol. The van der Waals surface area contributed by atoms with Crippen LogP contribution in [0, 0.1) is 26.7 Å². The zero-order valence-corrected chi connectivity index (χ0v) is 25.1. The first-order valence-corrected chi connectivity index (χ1v) is 14.3. The van der Waals surface area contributed by atoms with Gasteiger partial charge in [-0.3, -0.25) is 4.98 Å². The lowest BCUT2D eigenvalue weighted by Crippen LogP contribution is -2.32. The van der Waals surface area contributed by atoms with Crippen LogP contribution in [0.15, 0.2) is 47.4 Å². The molecule has 0 atom stereocenters. The van der Waals surface area contributed by atoms with Crippen LogP contribution < -0.4 is 5.32 Å². The summed E-state index contributed by atoms with van der Waals surface area (Å²) in [7, 11) is 0. The summed E-state index contributed by atoms with van der Waals surface area (Å²) < 4.78 is 5.52. The lowest BCUT2D eigenvalue weighted by Gasteiger charge is -2.24. The standard InChI is InChI=1S/C32H40N2O4S/c1-19(2)16-27-25(17-33-31(37)38-32(6,7)8)28(23-14-12-20(3)13-15-23)26(22(5)34-27)18-39-29-21(4)10-9-11-24(29)30(35)36/h9-15,19H,16-18H2,1-8H3,(H,33,37)(H,35,36). The largest absolute Gasteiger partial charge is 0.478 e. The number of nitrogens with zero attached hydrogens (tertiary/aromatic N) is 1. The smallest absolute Gasteiger partial charge is 0.407 e. The lowest BCUT2D eigenvalue weighted by atomic mass is 9.90. The van der Waals surface area contributed by atoms with Crippen LogP contribution >= 0.6 is 11.8 Å². The fourth-order valence-electron chi connectivity index (χ4n) is 4.47. The number of aromatic carboxylic acids is 1. The Morgan fingerprint density at radius 3 is 2.28 bits per heavy atom. The van der Waals surface area contributed by atoms with Crippen LogP contribution in [0.2, 0.25) is 0 Å². The Kier molecular flexibility index (Phi) is 9.83. The summed E-state index contributed by atoms with van der Waals surface area (Å²) in [6.07, 6.45) is 0.287. The number of pyridine rings is 1. The molecule has 2 N–H and O–H groups in total. The molecule has 0 unspecified atom stereocenters. The first kappa shape index (κ1) is 30.2.